The van der Waals surface area contributed by atoms with Crippen LogP contribution in [-0.2, 0) is 0 Å². The molecule has 2 aliphatic carbocycles. The predicted molar refractivity (Wildman–Crippen MR) is 84.0 cm³/mol. The Morgan fingerprint density at radius 1 is 1.32 bits per heavy atom. The third-order valence-corrected chi connectivity index (χ3v) is 4.79. The number of rotatable bonds is 3. The molecule has 8 heteroatoms. The monoisotopic (exact) mass is 328 g/mol. The van der Waals surface area contributed by atoms with E-state index in [0.29, 0.717) is 11.8 Å². The molecule has 0 aliphatic heterocycles. The topological polar surface area (TPSA) is 114 Å². The zero-order valence-corrected chi connectivity index (χ0v) is 13.0. The van der Waals surface area contributed by atoms with Gasteiger partial charge in [-0.15, -0.1) is 12.4 Å². The summed E-state index contributed by atoms with van der Waals surface area (Å²) in [7, 11) is 0. The molecule has 1 heterocycles. The Balaban J connectivity index is 0.00000176. The number of amides is 1. The van der Waals surface area contributed by atoms with Crippen molar-refractivity contribution in [2.75, 3.05) is 0 Å². The van der Waals surface area contributed by atoms with Crippen LogP contribution in [0.1, 0.15) is 42.6 Å². The Hall–Kier alpha value is -1.60. The summed E-state index contributed by atoms with van der Waals surface area (Å²) in [5.74, 6) is 0.439. The SMILES string of the molecule is Cl.NC1CC2CCCC(C1)C2NC(=O)c1ccc([N+](=O)[O-])[nH]1. The van der Waals surface area contributed by atoms with Gasteiger partial charge in [0.1, 0.15) is 0 Å². The standard InChI is InChI=1S/C14H20N4O3.ClH/c15-10-6-8-2-1-3-9(7-10)13(8)17-14(19)11-4-5-12(16-11)18(20)21;/h4-5,8-10,13,16H,1-3,6-7,15H2,(H,17,19);1H. The first-order chi connectivity index (χ1) is 10.0. The summed E-state index contributed by atoms with van der Waals surface area (Å²) < 4.78 is 0. The van der Waals surface area contributed by atoms with Crippen LogP contribution < -0.4 is 11.1 Å². The lowest BCUT2D eigenvalue weighted by Gasteiger charge is -2.45. The van der Waals surface area contributed by atoms with Gasteiger partial charge in [0.05, 0.1) is 0 Å². The van der Waals surface area contributed by atoms with E-state index >= 15 is 0 Å². The molecule has 0 radical (unpaired) electrons. The van der Waals surface area contributed by atoms with E-state index in [1.807, 2.05) is 0 Å². The molecule has 22 heavy (non-hydrogen) atoms. The zero-order chi connectivity index (χ0) is 15.0. The minimum atomic E-state index is -0.537. The number of halogens is 1. The van der Waals surface area contributed by atoms with Gasteiger partial charge in [0.15, 0.2) is 5.69 Å². The highest BCUT2D eigenvalue weighted by atomic mass is 35.5. The Kier molecular flexibility index (Phi) is 5.08. The highest BCUT2D eigenvalue weighted by Gasteiger charge is 2.40. The van der Waals surface area contributed by atoms with Crippen LogP contribution in [0.3, 0.4) is 0 Å². The Morgan fingerprint density at radius 3 is 2.50 bits per heavy atom. The van der Waals surface area contributed by atoms with Crippen LogP contribution in [0.25, 0.3) is 0 Å². The molecule has 2 aliphatic rings. The van der Waals surface area contributed by atoms with Gasteiger partial charge < -0.3 is 21.2 Å². The molecule has 0 spiro atoms. The first kappa shape index (κ1) is 16.8. The maximum Gasteiger partial charge on any atom is 0.321 e. The summed E-state index contributed by atoms with van der Waals surface area (Å²) in [6.45, 7) is 0. The van der Waals surface area contributed by atoms with Crippen LogP contribution in [-0.4, -0.2) is 27.9 Å². The first-order valence-electron chi connectivity index (χ1n) is 7.44. The second-order valence-electron chi connectivity index (χ2n) is 6.20. The molecular weight excluding hydrogens is 308 g/mol. The van der Waals surface area contributed by atoms with Crippen LogP contribution in [0.15, 0.2) is 12.1 Å². The van der Waals surface area contributed by atoms with Gasteiger partial charge in [-0.1, -0.05) is 6.42 Å². The predicted octanol–water partition coefficient (Wildman–Crippen LogP) is 1.98. The molecule has 2 fully saturated rings. The molecule has 1 aromatic rings. The molecule has 4 N–H and O–H groups in total. The number of nitrogens with one attached hydrogen (secondary N) is 2. The number of nitro groups is 1. The minimum absolute atomic E-state index is 0. The third kappa shape index (κ3) is 3.25. The Bertz CT molecular complexity index is 548. The minimum Gasteiger partial charge on any atom is -0.358 e. The molecule has 122 valence electrons. The Labute approximate surface area is 134 Å². The van der Waals surface area contributed by atoms with Crippen molar-refractivity contribution < 1.29 is 9.72 Å². The third-order valence-electron chi connectivity index (χ3n) is 4.79. The number of aromatic amines is 1. The molecule has 1 aromatic heterocycles. The number of carbonyl (C=O) groups is 1. The number of hydrogen-bond acceptors (Lipinski definition) is 4. The quantitative estimate of drug-likeness (QED) is 0.581. The van der Waals surface area contributed by atoms with Crippen molar-refractivity contribution in [1.82, 2.24) is 10.3 Å². The van der Waals surface area contributed by atoms with E-state index in [-0.39, 0.29) is 41.9 Å². The largest absolute Gasteiger partial charge is 0.358 e. The van der Waals surface area contributed by atoms with Crippen molar-refractivity contribution in [2.45, 2.75) is 44.2 Å². The summed E-state index contributed by atoms with van der Waals surface area (Å²) in [6, 6.07) is 3.15. The van der Waals surface area contributed by atoms with Crippen LogP contribution >= 0.6 is 12.4 Å². The van der Waals surface area contributed by atoms with Crippen LogP contribution in [0.2, 0.25) is 0 Å². The van der Waals surface area contributed by atoms with Crippen molar-refractivity contribution in [2.24, 2.45) is 17.6 Å². The normalized spacial score (nSPS) is 30.2. The highest BCUT2D eigenvalue weighted by Crippen LogP contribution is 2.39. The van der Waals surface area contributed by atoms with Gasteiger partial charge in [0.25, 0.3) is 5.91 Å². The molecule has 1 amide bonds. The van der Waals surface area contributed by atoms with E-state index in [1.54, 1.807) is 0 Å². The number of nitrogens with zero attached hydrogens (tertiary/aromatic N) is 1. The van der Waals surface area contributed by atoms with Gasteiger partial charge in [-0.2, -0.15) is 0 Å². The van der Waals surface area contributed by atoms with E-state index in [9.17, 15) is 14.9 Å². The lowest BCUT2D eigenvalue weighted by molar-refractivity contribution is -0.389. The lowest BCUT2D eigenvalue weighted by Crippen LogP contribution is -2.53. The molecule has 2 unspecified atom stereocenters. The van der Waals surface area contributed by atoms with Crippen molar-refractivity contribution in [3.05, 3.63) is 27.9 Å². The van der Waals surface area contributed by atoms with Crippen LogP contribution in [0.4, 0.5) is 5.82 Å². The van der Waals surface area contributed by atoms with E-state index in [2.05, 4.69) is 10.3 Å². The van der Waals surface area contributed by atoms with Gasteiger partial charge in [0, 0.05) is 18.2 Å². The van der Waals surface area contributed by atoms with Gasteiger partial charge in [-0.3, -0.25) is 4.79 Å². The highest BCUT2D eigenvalue weighted by molar-refractivity contribution is 5.93. The van der Waals surface area contributed by atoms with E-state index in [1.165, 1.54) is 18.6 Å². The smallest absolute Gasteiger partial charge is 0.321 e. The van der Waals surface area contributed by atoms with Crippen molar-refractivity contribution in [3.8, 4) is 0 Å². The molecule has 0 saturated heterocycles. The van der Waals surface area contributed by atoms with Gasteiger partial charge in [-0.05, 0) is 48.5 Å². The summed E-state index contributed by atoms with van der Waals surface area (Å²) in [5, 5.41) is 13.7. The van der Waals surface area contributed by atoms with Gasteiger partial charge in [0.2, 0.25) is 0 Å². The fourth-order valence-corrected chi connectivity index (χ4v) is 3.88. The maximum absolute atomic E-state index is 12.3. The van der Waals surface area contributed by atoms with E-state index in [4.69, 9.17) is 5.73 Å². The summed E-state index contributed by atoms with van der Waals surface area (Å²) in [5.41, 5.74) is 6.32. The van der Waals surface area contributed by atoms with Gasteiger partial charge in [-0.25, -0.2) is 4.98 Å². The van der Waals surface area contributed by atoms with Crippen LogP contribution in [0, 0.1) is 22.0 Å². The summed E-state index contributed by atoms with van der Waals surface area (Å²) in [6.07, 6.45) is 5.29. The fraction of sp³-hybridized carbons (Fsp3) is 0.643. The number of fused-ring (bicyclic) bond motifs is 2. The molecule has 2 bridgehead atoms. The maximum atomic E-state index is 12.3. The Morgan fingerprint density at radius 2 is 1.95 bits per heavy atom. The number of H-pyrrole nitrogens is 1. The van der Waals surface area contributed by atoms with Crippen molar-refractivity contribution in [1.29, 1.82) is 0 Å². The number of aromatic nitrogens is 1. The summed E-state index contributed by atoms with van der Waals surface area (Å²) >= 11 is 0. The molecular formula is C14H21ClN4O3. The number of hydrogen-bond donors (Lipinski definition) is 3. The number of carbonyl (C=O) groups excluding carboxylic acids is 1. The van der Waals surface area contributed by atoms with Gasteiger partial charge >= 0.3 is 5.82 Å². The zero-order valence-electron chi connectivity index (χ0n) is 12.2. The van der Waals surface area contributed by atoms with E-state index in [0.717, 1.165) is 25.7 Å². The molecule has 3 rings (SSSR count). The second-order valence-corrected chi connectivity index (χ2v) is 6.20. The van der Waals surface area contributed by atoms with E-state index < -0.39 is 4.92 Å². The average molecular weight is 329 g/mol. The van der Waals surface area contributed by atoms with Crippen LogP contribution in [0.5, 0.6) is 0 Å². The summed E-state index contributed by atoms with van der Waals surface area (Å²) in [4.78, 5) is 24.9. The lowest BCUT2D eigenvalue weighted by atomic mass is 9.67. The fourth-order valence-electron chi connectivity index (χ4n) is 3.88. The van der Waals surface area contributed by atoms with Crippen molar-refractivity contribution >= 4 is 24.1 Å². The molecule has 2 saturated carbocycles. The molecule has 7 nitrogen and oxygen atoms in total. The first-order valence-corrected chi connectivity index (χ1v) is 7.44. The second kappa shape index (κ2) is 6.66. The molecule has 2 atom stereocenters. The van der Waals surface area contributed by atoms with Crippen molar-refractivity contribution in [3.63, 3.8) is 0 Å². The average Bonchev–Trinajstić information content (AvgIpc) is 2.89. The number of nitrogens with two attached hydrogens (primary N) is 1. The molecule has 0 aromatic carbocycles.